The van der Waals surface area contributed by atoms with Crippen LogP contribution in [0.5, 0.6) is 0 Å². The van der Waals surface area contributed by atoms with Crippen LogP contribution in [0, 0.1) is 5.92 Å². The van der Waals surface area contributed by atoms with Gasteiger partial charge in [0, 0.05) is 31.0 Å². The number of halogens is 1. The van der Waals surface area contributed by atoms with Gasteiger partial charge in [-0.25, -0.2) is 9.97 Å². The van der Waals surface area contributed by atoms with Crippen molar-refractivity contribution in [1.29, 1.82) is 0 Å². The molecule has 6 nitrogen and oxygen atoms in total. The second-order valence-corrected chi connectivity index (χ2v) is 5.24. The van der Waals surface area contributed by atoms with E-state index in [2.05, 4.69) is 9.97 Å². The van der Waals surface area contributed by atoms with Crippen LogP contribution in [0.2, 0.25) is 0 Å². The Bertz CT molecular complexity index is 691. The zero-order valence-corrected chi connectivity index (χ0v) is 13.1. The molecule has 7 heteroatoms. The molecule has 1 aliphatic heterocycles. The predicted octanol–water partition coefficient (Wildman–Crippen LogP) is 2.11. The summed E-state index contributed by atoms with van der Waals surface area (Å²) in [6.07, 6.45) is 3.47. The second-order valence-electron chi connectivity index (χ2n) is 5.24. The number of aliphatic carboxylic acids is 1. The highest BCUT2D eigenvalue weighted by Gasteiger charge is 2.31. The Kier molecular flexibility index (Phi) is 5.28. The zero-order valence-electron chi connectivity index (χ0n) is 12.3. The van der Waals surface area contributed by atoms with Gasteiger partial charge in [-0.3, -0.25) is 9.59 Å². The molecule has 120 valence electrons. The van der Waals surface area contributed by atoms with E-state index < -0.39 is 11.9 Å². The molecule has 1 aliphatic rings. The number of carbonyl (C=O) groups is 2. The van der Waals surface area contributed by atoms with Crippen molar-refractivity contribution in [3.05, 3.63) is 48.3 Å². The molecular weight excluding hydrogens is 318 g/mol. The van der Waals surface area contributed by atoms with Crippen LogP contribution >= 0.6 is 12.4 Å². The largest absolute Gasteiger partial charge is 0.481 e. The number of carbonyl (C=O) groups excluding carboxylic acids is 1. The number of likely N-dealkylation sites (tertiary alicyclic amines) is 1. The first kappa shape index (κ1) is 16.9. The van der Waals surface area contributed by atoms with E-state index in [-0.39, 0.29) is 24.9 Å². The first-order valence-corrected chi connectivity index (χ1v) is 7.04. The van der Waals surface area contributed by atoms with Crippen LogP contribution in [0.25, 0.3) is 11.4 Å². The van der Waals surface area contributed by atoms with Crippen molar-refractivity contribution in [1.82, 2.24) is 14.9 Å². The van der Waals surface area contributed by atoms with E-state index in [1.807, 2.05) is 30.3 Å². The van der Waals surface area contributed by atoms with E-state index in [0.717, 1.165) is 5.56 Å². The lowest BCUT2D eigenvalue weighted by Crippen LogP contribution is -2.30. The van der Waals surface area contributed by atoms with Gasteiger partial charge in [0.25, 0.3) is 5.91 Å². The predicted molar refractivity (Wildman–Crippen MR) is 86.4 cm³/mol. The zero-order chi connectivity index (χ0) is 15.5. The van der Waals surface area contributed by atoms with Gasteiger partial charge in [-0.1, -0.05) is 30.3 Å². The van der Waals surface area contributed by atoms with Crippen LogP contribution in [-0.4, -0.2) is 44.9 Å². The number of carboxylic acids is 1. The quantitative estimate of drug-likeness (QED) is 0.930. The normalized spacial score (nSPS) is 16.7. The molecule has 23 heavy (non-hydrogen) atoms. The third kappa shape index (κ3) is 3.65. The lowest BCUT2D eigenvalue weighted by molar-refractivity contribution is -0.141. The van der Waals surface area contributed by atoms with Gasteiger partial charge in [0.1, 0.15) is 0 Å². The van der Waals surface area contributed by atoms with Crippen molar-refractivity contribution in [3.8, 4) is 11.4 Å². The summed E-state index contributed by atoms with van der Waals surface area (Å²) < 4.78 is 0. The van der Waals surface area contributed by atoms with Crippen molar-refractivity contribution in [2.24, 2.45) is 5.92 Å². The minimum Gasteiger partial charge on any atom is -0.481 e. The summed E-state index contributed by atoms with van der Waals surface area (Å²) in [5.41, 5.74) is 1.26. The van der Waals surface area contributed by atoms with Crippen molar-refractivity contribution >= 4 is 24.3 Å². The van der Waals surface area contributed by atoms with E-state index in [0.29, 0.717) is 24.4 Å². The maximum absolute atomic E-state index is 12.3. The Balaban J connectivity index is 0.00000192. The summed E-state index contributed by atoms with van der Waals surface area (Å²) in [6, 6.07) is 9.50. The molecule has 2 heterocycles. The van der Waals surface area contributed by atoms with Gasteiger partial charge in [0.05, 0.1) is 11.5 Å². The third-order valence-corrected chi connectivity index (χ3v) is 3.76. The highest BCUT2D eigenvalue weighted by atomic mass is 35.5. The van der Waals surface area contributed by atoms with Gasteiger partial charge in [-0.15, -0.1) is 12.4 Å². The summed E-state index contributed by atoms with van der Waals surface area (Å²) in [6.45, 7) is 0.699. The second kappa shape index (κ2) is 7.19. The molecule has 0 aliphatic carbocycles. The molecule has 1 aromatic carbocycles. The van der Waals surface area contributed by atoms with Crippen LogP contribution in [0.15, 0.2) is 42.7 Å². The lowest BCUT2D eigenvalue weighted by atomic mass is 10.1. The first-order chi connectivity index (χ1) is 10.6. The SMILES string of the molecule is Cl.O=C(O)C1CCN(C(=O)c2cnc(-c3ccccc3)nc2)C1. The fourth-order valence-electron chi connectivity index (χ4n) is 2.50. The number of nitrogens with zero attached hydrogens (tertiary/aromatic N) is 3. The number of amides is 1. The molecular formula is C16H16ClN3O3. The van der Waals surface area contributed by atoms with E-state index in [1.54, 1.807) is 4.90 Å². The van der Waals surface area contributed by atoms with Crippen molar-refractivity contribution in [2.75, 3.05) is 13.1 Å². The maximum Gasteiger partial charge on any atom is 0.308 e. The topological polar surface area (TPSA) is 83.4 Å². The van der Waals surface area contributed by atoms with Gasteiger partial charge >= 0.3 is 5.97 Å². The van der Waals surface area contributed by atoms with Gasteiger partial charge in [-0.05, 0) is 6.42 Å². The fourth-order valence-corrected chi connectivity index (χ4v) is 2.50. The molecule has 3 rings (SSSR count). The summed E-state index contributed by atoms with van der Waals surface area (Å²) >= 11 is 0. The van der Waals surface area contributed by atoms with Gasteiger partial charge in [0.15, 0.2) is 5.82 Å². The Morgan fingerprint density at radius 3 is 2.35 bits per heavy atom. The number of rotatable bonds is 3. The Hall–Kier alpha value is -2.47. The Morgan fingerprint density at radius 1 is 1.13 bits per heavy atom. The molecule has 0 bridgehead atoms. The Labute approximate surface area is 139 Å². The van der Waals surface area contributed by atoms with Crippen LogP contribution in [0.1, 0.15) is 16.8 Å². The molecule has 2 aromatic rings. The summed E-state index contributed by atoms with van der Waals surface area (Å²) in [7, 11) is 0. The molecule has 1 unspecified atom stereocenters. The number of hydrogen-bond acceptors (Lipinski definition) is 4. The van der Waals surface area contributed by atoms with Gasteiger partial charge in [0.2, 0.25) is 0 Å². The average molecular weight is 334 g/mol. The van der Waals surface area contributed by atoms with E-state index in [1.165, 1.54) is 12.4 Å². The first-order valence-electron chi connectivity index (χ1n) is 7.04. The number of benzene rings is 1. The monoisotopic (exact) mass is 333 g/mol. The molecule has 1 fully saturated rings. The summed E-state index contributed by atoms with van der Waals surface area (Å²) in [5.74, 6) is -0.996. The minimum absolute atomic E-state index is 0. The molecule has 1 aromatic heterocycles. The molecule has 0 saturated carbocycles. The van der Waals surface area contributed by atoms with Gasteiger partial charge in [-0.2, -0.15) is 0 Å². The lowest BCUT2D eigenvalue weighted by Gasteiger charge is -2.15. The summed E-state index contributed by atoms with van der Waals surface area (Å²) in [5, 5.41) is 8.98. The molecule has 1 saturated heterocycles. The smallest absolute Gasteiger partial charge is 0.308 e. The van der Waals surface area contributed by atoms with Gasteiger partial charge < -0.3 is 10.0 Å². The van der Waals surface area contributed by atoms with Crippen molar-refractivity contribution < 1.29 is 14.7 Å². The Morgan fingerprint density at radius 2 is 1.78 bits per heavy atom. The molecule has 1 N–H and O–H groups in total. The molecule has 1 amide bonds. The molecule has 1 atom stereocenters. The van der Waals surface area contributed by atoms with Crippen LogP contribution in [0.3, 0.4) is 0 Å². The number of hydrogen-bond donors (Lipinski definition) is 1. The van der Waals surface area contributed by atoms with Crippen LogP contribution in [-0.2, 0) is 4.79 Å². The summed E-state index contributed by atoms with van der Waals surface area (Å²) in [4.78, 5) is 33.2. The fraction of sp³-hybridized carbons (Fsp3) is 0.250. The van der Waals surface area contributed by atoms with E-state index in [9.17, 15) is 9.59 Å². The number of aromatic nitrogens is 2. The third-order valence-electron chi connectivity index (χ3n) is 3.76. The number of carboxylic acid groups (broad SMARTS) is 1. The highest BCUT2D eigenvalue weighted by molar-refractivity contribution is 5.94. The van der Waals surface area contributed by atoms with E-state index in [4.69, 9.17) is 5.11 Å². The molecule has 0 radical (unpaired) electrons. The van der Waals surface area contributed by atoms with E-state index >= 15 is 0 Å². The highest BCUT2D eigenvalue weighted by Crippen LogP contribution is 2.19. The maximum atomic E-state index is 12.3. The standard InChI is InChI=1S/C16H15N3O3.ClH/c20-15(19-7-6-12(10-19)16(21)22)13-8-17-14(18-9-13)11-4-2-1-3-5-11;/h1-5,8-9,12H,6-7,10H2,(H,21,22);1H. The van der Waals surface area contributed by atoms with Crippen molar-refractivity contribution in [3.63, 3.8) is 0 Å². The van der Waals surface area contributed by atoms with Crippen LogP contribution < -0.4 is 0 Å². The van der Waals surface area contributed by atoms with Crippen LogP contribution in [0.4, 0.5) is 0 Å². The molecule has 0 spiro atoms. The van der Waals surface area contributed by atoms with Crippen molar-refractivity contribution in [2.45, 2.75) is 6.42 Å². The average Bonchev–Trinajstić information content (AvgIpc) is 3.05. The minimum atomic E-state index is -0.856.